The minimum Gasteiger partial charge on any atom is -0.394 e. The van der Waals surface area contributed by atoms with Gasteiger partial charge in [-0.3, -0.25) is 9.78 Å². The first kappa shape index (κ1) is 15.9. The Hall–Kier alpha value is -2.28. The normalized spacial score (nSPS) is 25.4. The van der Waals surface area contributed by atoms with Crippen LogP contribution < -0.4 is 5.32 Å². The summed E-state index contributed by atoms with van der Waals surface area (Å²) in [5.41, 5.74) is 2.21. The van der Waals surface area contributed by atoms with E-state index in [1.165, 1.54) is 6.42 Å². The Morgan fingerprint density at radius 1 is 1.31 bits per heavy atom. The predicted molar refractivity (Wildman–Crippen MR) is 94.1 cm³/mol. The highest BCUT2D eigenvalue weighted by molar-refractivity contribution is 5.95. The Balaban J connectivity index is 1.54. The zero-order valence-electron chi connectivity index (χ0n) is 14.7. The molecule has 2 N–H and O–H groups in total. The van der Waals surface area contributed by atoms with E-state index in [4.69, 9.17) is 0 Å². The molecule has 0 aromatic carbocycles. The number of carbonyl (C=O) groups excluding carboxylic acids is 1. The summed E-state index contributed by atoms with van der Waals surface area (Å²) in [4.78, 5) is 21.6. The third-order valence-electron chi connectivity index (χ3n) is 6.48. The summed E-state index contributed by atoms with van der Waals surface area (Å²) >= 11 is 0. The van der Waals surface area contributed by atoms with Crippen LogP contribution in [-0.2, 0) is 6.42 Å². The summed E-state index contributed by atoms with van der Waals surface area (Å²) in [6, 6.07) is 0. The van der Waals surface area contributed by atoms with E-state index < -0.39 is 5.54 Å². The van der Waals surface area contributed by atoms with Crippen molar-refractivity contribution in [1.29, 1.82) is 0 Å². The van der Waals surface area contributed by atoms with Crippen molar-refractivity contribution in [2.24, 2.45) is 5.92 Å². The monoisotopic (exact) mass is 353 g/mol. The number of carbonyl (C=O) groups is 1. The molecule has 7 heteroatoms. The summed E-state index contributed by atoms with van der Waals surface area (Å²) in [5, 5.41) is 17.6. The van der Waals surface area contributed by atoms with Crippen LogP contribution in [0, 0.1) is 5.92 Å². The van der Waals surface area contributed by atoms with Crippen molar-refractivity contribution in [3.8, 4) is 5.82 Å². The minimum absolute atomic E-state index is 0.0168. The molecule has 2 atom stereocenters. The van der Waals surface area contributed by atoms with Crippen LogP contribution in [0.1, 0.15) is 66.2 Å². The highest BCUT2D eigenvalue weighted by Gasteiger charge is 2.46. The second-order valence-electron chi connectivity index (χ2n) is 7.94. The van der Waals surface area contributed by atoms with Crippen LogP contribution in [0.4, 0.5) is 0 Å². The third kappa shape index (κ3) is 2.30. The Morgan fingerprint density at radius 3 is 2.81 bits per heavy atom. The number of rotatable bonds is 4. The maximum Gasteiger partial charge on any atom is 0.272 e. The number of aliphatic hydroxyl groups excluding tert-OH is 1. The van der Waals surface area contributed by atoms with Crippen molar-refractivity contribution in [3.05, 3.63) is 35.5 Å². The van der Waals surface area contributed by atoms with Gasteiger partial charge >= 0.3 is 0 Å². The van der Waals surface area contributed by atoms with E-state index in [2.05, 4.69) is 20.4 Å². The van der Waals surface area contributed by atoms with Crippen molar-refractivity contribution in [1.82, 2.24) is 25.1 Å². The van der Waals surface area contributed by atoms with Gasteiger partial charge in [-0.2, -0.15) is 5.10 Å². The van der Waals surface area contributed by atoms with E-state index in [1.54, 1.807) is 18.6 Å². The molecule has 1 amide bonds. The number of nitrogens with one attached hydrogen (secondary N) is 1. The lowest BCUT2D eigenvalue weighted by molar-refractivity contribution is 0.0831. The molecule has 136 valence electrons. The standard InChI is InChI=1S/C19H23N5O2/c25-11-19(5-1-2-6-19)22-18(26)16-14-9-12-3-4-13(12)17(14)24(23-16)15-10-20-7-8-21-15/h7-8,10,12-13,25H,1-6,9,11H2,(H,22,26). The van der Waals surface area contributed by atoms with Crippen molar-refractivity contribution < 1.29 is 9.90 Å². The average molecular weight is 353 g/mol. The van der Waals surface area contributed by atoms with Gasteiger partial charge in [0.05, 0.1) is 24.0 Å². The molecular weight excluding hydrogens is 330 g/mol. The third-order valence-corrected chi connectivity index (χ3v) is 6.48. The topological polar surface area (TPSA) is 92.9 Å². The summed E-state index contributed by atoms with van der Waals surface area (Å²) in [6.07, 6.45) is 12.0. The molecule has 2 saturated carbocycles. The number of amides is 1. The molecule has 3 aliphatic rings. The van der Waals surface area contributed by atoms with Gasteiger partial charge in [-0.15, -0.1) is 0 Å². The Kier molecular flexibility index (Phi) is 3.60. The highest BCUT2D eigenvalue weighted by Crippen LogP contribution is 2.52. The van der Waals surface area contributed by atoms with Crippen molar-refractivity contribution in [2.45, 2.75) is 56.4 Å². The summed E-state index contributed by atoms with van der Waals surface area (Å²) in [6.45, 7) is -0.0168. The number of fused-ring (bicyclic) bond motifs is 3. The van der Waals surface area contributed by atoms with Crippen molar-refractivity contribution >= 4 is 5.91 Å². The van der Waals surface area contributed by atoms with Gasteiger partial charge in [0.2, 0.25) is 0 Å². The molecule has 0 bridgehead atoms. The van der Waals surface area contributed by atoms with Gasteiger partial charge in [0.25, 0.3) is 5.91 Å². The van der Waals surface area contributed by atoms with Gasteiger partial charge < -0.3 is 10.4 Å². The molecule has 0 aliphatic heterocycles. The van der Waals surface area contributed by atoms with Gasteiger partial charge in [0, 0.05) is 23.9 Å². The van der Waals surface area contributed by atoms with Gasteiger partial charge in [-0.05, 0) is 38.0 Å². The summed E-state index contributed by atoms with van der Waals surface area (Å²) < 4.78 is 1.82. The molecule has 5 rings (SSSR count). The summed E-state index contributed by atoms with van der Waals surface area (Å²) in [7, 11) is 0. The minimum atomic E-state index is -0.488. The lowest BCUT2D eigenvalue weighted by Crippen LogP contribution is -2.49. The number of nitrogens with zero attached hydrogens (tertiary/aromatic N) is 4. The molecule has 2 fully saturated rings. The first-order valence-electron chi connectivity index (χ1n) is 9.52. The van der Waals surface area contributed by atoms with Crippen LogP contribution in [0.3, 0.4) is 0 Å². The number of hydrogen-bond donors (Lipinski definition) is 2. The maximum atomic E-state index is 13.1. The van der Waals surface area contributed by atoms with Gasteiger partial charge in [-0.25, -0.2) is 9.67 Å². The van der Waals surface area contributed by atoms with E-state index in [9.17, 15) is 9.90 Å². The molecule has 0 radical (unpaired) electrons. The fraction of sp³-hybridized carbons (Fsp3) is 0.579. The van der Waals surface area contributed by atoms with E-state index in [1.807, 2.05) is 4.68 Å². The SMILES string of the molecule is O=C(NC1(CO)CCCC1)c1nn(-c2cnccn2)c2c1CC1CCC21. The summed E-state index contributed by atoms with van der Waals surface area (Å²) in [5.74, 6) is 1.59. The van der Waals surface area contributed by atoms with Crippen LogP contribution in [0.15, 0.2) is 18.6 Å². The molecule has 7 nitrogen and oxygen atoms in total. The van der Waals surface area contributed by atoms with E-state index >= 15 is 0 Å². The predicted octanol–water partition coefficient (Wildman–Crippen LogP) is 1.75. The fourth-order valence-corrected chi connectivity index (χ4v) is 4.91. The molecule has 2 heterocycles. The first-order valence-corrected chi connectivity index (χ1v) is 9.52. The second-order valence-corrected chi connectivity index (χ2v) is 7.94. The fourth-order valence-electron chi connectivity index (χ4n) is 4.91. The second kappa shape index (κ2) is 5.87. The zero-order chi connectivity index (χ0) is 17.7. The molecule has 2 aromatic heterocycles. The van der Waals surface area contributed by atoms with Crippen LogP contribution in [0.2, 0.25) is 0 Å². The Labute approximate surface area is 151 Å². The molecule has 3 aliphatic carbocycles. The number of aromatic nitrogens is 4. The quantitative estimate of drug-likeness (QED) is 0.873. The number of aliphatic hydroxyl groups is 1. The molecule has 2 aromatic rings. The molecule has 2 unspecified atom stereocenters. The molecule has 0 spiro atoms. The smallest absolute Gasteiger partial charge is 0.272 e. The van der Waals surface area contributed by atoms with Crippen LogP contribution in [-0.4, -0.2) is 42.9 Å². The van der Waals surface area contributed by atoms with Gasteiger partial charge in [-0.1, -0.05) is 12.8 Å². The maximum absolute atomic E-state index is 13.1. The lowest BCUT2D eigenvalue weighted by atomic mass is 9.75. The van der Waals surface area contributed by atoms with Gasteiger partial charge in [0.1, 0.15) is 0 Å². The van der Waals surface area contributed by atoms with E-state index in [0.717, 1.165) is 49.8 Å². The Bertz CT molecular complexity index is 841. The van der Waals surface area contributed by atoms with Gasteiger partial charge in [0.15, 0.2) is 11.5 Å². The number of hydrogen-bond acceptors (Lipinski definition) is 5. The van der Waals surface area contributed by atoms with E-state index in [0.29, 0.717) is 23.3 Å². The van der Waals surface area contributed by atoms with Crippen molar-refractivity contribution in [3.63, 3.8) is 0 Å². The highest BCUT2D eigenvalue weighted by atomic mass is 16.3. The lowest BCUT2D eigenvalue weighted by Gasteiger charge is -2.31. The average Bonchev–Trinajstić information content (AvgIpc) is 3.31. The first-order chi connectivity index (χ1) is 12.7. The molecular formula is C19H23N5O2. The largest absolute Gasteiger partial charge is 0.394 e. The van der Waals surface area contributed by atoms with Crippen LogP contribution in [0.5, 0.6) is 0 Å². The van der Waals surface area contributed by atoms with Crippen LogP contribution >= 0.6 is 0 Å². The molecule has 0 saturated heterocycles. The Morgan fingerprint density at radius 2 is 2.15 bits per heavy atom. The van der Waals surface area contributed by atoms with Crippen molar-refractivity contribution in [2.75, 3.05) is 6.61 Å². The van der Waals surface area contributed by atoms with Crippen LogP contribution in [0.25, 0.3) is 5.82 Å². The molecule has 26 heavy (non-hydrogen) atoms. The van der Waals surface area contributed by atoms with E-state index in [-0.39, 0.29) is 12.5 Å². The zero-order valence-corrected chi connectivity index (χ0v) is 14.7.